The number of nitrogens with two attached hydrogens (primary N) is 2. The van der Waals surface area contributed by atoms with E-state index in [9.17, 15) is 63.5 Å². The molecule has 3 aliphatic heterocycles. The van der Waals surface area contributed by atoms with E-state index in [-0.39, 0.29) is 70.2 Å². The molecule has 12 aromatic carbocycles. The normalized spacial score (nSPS) is 14.4. The first-order valence-electron chi connectivity index (χ1n) is 38.9. The Kier molecular flexibility index (Phi) is 29.6. The molecule has 3 aliphatic rings. The molecule has 0 aromatic heterocycles. The van der Waals surface area contributed by atoms with Crippen molar-refractivity contribution < 1.29 is 115 Å². The number of para-hydroxylation sites is 3. The van der Waals surface area contributed by atoms with Crippen LogP contribution in [0.25, 0.3) is 5.70 Å². The lowest BCUT2D eigenvalue weighted by Crippen LogP contribution is -2.29. The molecule has 0 aliphatic carbocycles. The molecule has 0 saturated carbocycles. The van der Waals surface area contributed by atoms with Crippen molar-refractivity contribution in [1.29, 1.82) is 0 Å². The quantitative estimate of drug-likeness (QED) is 0.0290. The molecular formula is C95H72F12N8O13S3. The topological polar surface area (TPSA) is 258 Å². The zero-order chi connectivity index (χ0) is 93.8. The van der Waals surface area contributed by atoms with Gasteiger partial charge in [0.15, 0.2) is 57.7 Å². The number of ether oxygens (including phenoxy) is 8. The van der Waals surface area contributed by atoms with Crippen molar-refractivity contribution in [1.82, 2.24) is 15.0 Å². The molecule has 0 fully saturated rings. The minimum absolute atomic E-state index is 0.0264. The number of halogens is 12. The molecule has 3 unspecified atom stereocenters. The SMILES string of the molecule is C=C(N)c1cccc(COc2cccc(C3SC(c4ccc(F)cc4)=NN3C(=O)c3c(F)cccc3C(F)(F)F)c2OC)c1.COc1c(OCc2cccc(C(N)=O)c2)cccc1C1SC(c2ccc(F)cc2)=NN1C(=O)c1cc(F)c(F)c(OC)c1F.COc1cc(F)c(C(=O)N2N=C(c3ccc(F)cc3)SC2c2cccc(OCc3cccc(C(C)=O)c3)c2OC)c(F)c1. The van der Waals surface area contributed by atoms with Crippen molar-refractivity contribution in [3.05, 3.63) is 385 Å². The molecule has 36 heteroatoms. The van der Waals surface area contributed by atoms with Crippen LogP contribution in [-0.4, -0.2) is 95.1 Å². The molecule has 21 nitrogen and oxygen atoms in total. The minimum atomic E-state index is -5.02. The van der Waals surface area contributed by atoms with Gasteiger partial charge in [0, 0.05) is 62.3 Å². The second-order valence-electron chi connectivity index (χ2n) is 28.3. The molecule has 3 atom stereocenters. The fraction of sp³-hybridized carbons (Fsp3) is 0.137. The number of Topliss-reactive ketones (excluding diaryl/α,β-unsaturated/α-hetero) is 1. The van der Waals surface area contributed by atoms with Crippen LogP contribution in [0.4, 0.5) is 52.7 Å². The van der Waals surface area contributed by atoms with Crippen molar-refractivity contribution in [3.8, 4) is 46.0 Å². The lowest BCUT2D eigenvalue weighted by molar-refractivity contribution is -0.138. The number of carbonyl (C=O) groups excluding carboxylic acids is 5. The number of hydrogen-bond acceptors (Lipinski definition) is 20. The molecule has 4 N–H and O–H groups in total. The average molecular weight is 1860 g/mol. The van der Waals surface area contributed by atoms with Crippen LogP contribution >= 0.6 is 35.3 Å². The first-order valence-corrected chi connectivity index (χ1v) is 41.5. The number of ketones is 1. The third kappa shape index (κ3) is 21.2. The van der Waals surface area contributed by atoms with Gasteiger partial charge in [0.2, 0.25) is 11.7 Å². The number of amides is 4. The lowest BCUT2D eigenvalue weighted by atomic mass is 10.0. The van der Waals surface area contributed by atoms with Crippen molar-refractivity contribution in [2.24, 2.45) is 26.8 Å². The summed E-state index contributed by atoms with van der Waals surface area (Å²) >= 11 is 3.18. The monoisotopic (exact) mass is 1860 g/mol. The highest BCUT2D eigenvalue weighted by Gasteiger charge is 2.45. The summed E-state index contributed by atoms with van der Waals surface area (Å²) in [5.41, 5.74) is 13.5. The summed E-state index contributed by atoms with van der Waals surface area (Å²) in [6.07, 6.45) is -5.02. The fourth-order valence-electron chi connectivity index (χ4n) is 13.5. The van der Waals surface area contributed by atoms with Gasteiger partial charge >= 0.3 is 6.18 Å². The summed E-state index contributed by atoms with van der Waals surface area (Å²) in [6, 6.07) is 56.1. The number of methoxy groups -OCH3 is 5. The Morgan fingerprint density at radius 1 is 0.389 bits per heavy atom. The zero-order valence-corrected chi connectivity index (χ0v) is 71.9. The fourth-order valence-corrected chi connectivity index (χ4v) is 17.0. The second-order valence-corrected chi connectivity index (χ2v) is 31.5. The van der Waals surface area contributed by atoms with Crippen LogP contribution in [0.15, 0.2) is 258 Å². The molecule has 131 heavy (non-hydrogen) atoms. The minimum Gasteiger partial charge on any atom is -0.497 e. The van der Waals surface area contributed by atoms with E-state index in [2.05, 4.69) is 26.6 Å². The molecule has 672 valence electrons. The summed E-state index contributed by atoms with van der Waals surface area (Å²) in [5.74, 6) is -13.3. The number of thioether (sulfide) groups is 3. The van der Waals surface area contributed by atoms with Gasteiger partial charge < -0.3 is 49.4 Å². The van der Waals surface area contributed by atoms with E-state index in [1.165, 1.54) is 108 Å². The smallest absolute Gasteiger partial charge is 0.417 e. The third-order valence-corrected chi connectivity index (χ3v) is 23.5. The molecule has 0 spiro atoms. The highest BCUT2D eigenvalue weighted by molar-refractivity contribution is 8.15. The van der Waals surface area contributed by atoms with Gasteiger partial charge in [-0.3, -0.25) is 24.0 Å². The highest BCUT2D eigenvalue weighted by atomic mass is 32.2. The van der Waals surface area contributed by atoms with Gasteiger partial charge in [0.1, 0.15) is 97.3 Å². The molecule has 0 saturated heterocycles. The molecular weight excluding hydrogens is 1790 g/mol. The Hall–Kier alpha value is -14.7. The second kappa shape index (κ2) is 41.2. The number of carbonyl (C=O) groups is 5. The van der Waals surface area contributed by atoms with Gasteiger partial charge in [-0.1, -0.05) is 133 Å². The number of benzene rings is 12. The van der Waals surface area contributed by atoms with Gasteiger partial charge in [-0.2, -0.15) is 32.9 Å². The van der Waals surface area contributed by atoms with E-state index in [0.29, 0.717) is 78.7 Å². The number of hydrazone groups is 3. The van der Waals surface area contributed by atoms with E-state index in [1.54, 1.807) is 115 Å². The van der Waals surface area contributed by atoms with Crippen LogP contribution in [-0.2, 0) is 26.0 Å². The number of alkyl halides is 3. The van der Waals surface area contributed by atoms with Gasteiger partial charge in [-0.15, -0.1) is 0 Å². The number of hydrogen-bond donors (Lipinski definition) is 2. The van der Waals surface area contributed by atoms with Crippen molar-refractivity contribution >= 4 is 85.5 Å². The van der Waals surface area contributed by atoms with Crippen LogP contribution in [0.5, 0.6) is 46.0 Å². The maximum atomic E-state index is 15.2. The summed E-state index contributed by atoms with van der Waals surface area (Å²) in [6.45, 7) is 5.45. The Balaban J connectivity index is 0.000000167. The van der Waals surface area contributed by atoms with E-state index >= 15 is 13.2 Å². The van der Waals surface area contributed by atoms with E-state index in [1.807, 2.05) is 12.1 Å². The Bertz CT molecular complexity index is 6470. The van der Waals surface area contributed by atoms with Crippen LogP contribution in [0.1, 0.15) is 136 Å². The first kappa shape index (κ1) is 94.0. The number of primary amides is 1. The molecule has 12 aromatic rings. The summed E-state index contributed by atoms with van der Waals surface area (Å²) in [5, 5.41) is 13.5. The predicted molar refractivity (Wildman–Crippen MR) is 469 cm³/mol. The molecule has 15 rings (SSSR count). The molecule has 0 radical (unpaired) electrons. The Morgan fingerprint density at radius 2 is 0.748 bits per heavy atom. The first-order chi connectivity index (χ1) is 62.8. The Labute approximate surface area is 752 Å². The lowest BCUT2D eigenvalue weighted by Gasteiger charge is -2.25. The van der Waals surface area contributed by atoms with Gasteiger partial charge in [-0.25, -0.2) is 50.2 Å². The maximum absolute atomic E-state index is 15.2. The number of rotatable bonds is 26. The van der Waals surface area contributed by atoms with Gasteiger partial charge in [0.25, 0.3) is 17.7 Å². The van der Waals surface area contributed by atoms with Crippen LogP contribution < -0.4 is 49.4 Å². The summed E-state index contributed by atoms with van der Waals surface area (Å²) in [7, 11) is 6.38. The zero-order valence-electron chi connectivity index (χ0n) is 69.5. The summed E-state index contributed by atoms with van der Waals surface area (Å²) in [4.78, 5) is 64.6. The van der Waals surface area contributed by atoms with Crippen molar-refractivity contribution in [2.45, 2.75) is 49.0 Å². The highest BCUT2D eigenvalue weighted by Crippen LogP contribution is 2.53. The third-order valence-electron chi connectivity index (χ3n) is 19.8. The van der Waals surface area contributed by atoms with Crippen LogP contribution in [0, 0.1) is 52.4 Å². The predicted octanol–water partition coefficient (Wildman–Crippen LogP) is 21.1. The van der Waals surface area contributed by atoms with E-state index < -0.39 is 126 Å². The van der Waals surface area contributed by atoms with Crippen molar-refractivity contribution in [3.63, 3.8) is 0 Å². The van der Waals surface area contributed by atoms with Crippen LogP contribution in [0.3, 0.4) is 0 Å². The molecule has 0 bridgehead atoms. The number of nitrogens with zero attached hydrogens (tertiary/aromatic N) is 6. The van der Waals surface area contributed by atoms with Crippen LogP contribution in [0.2, 0.25) is 0 Å². The average Bonchev–Trinajstić information content (AvgIpc) is 1.67. The largest absolute Gasteiger partial charge is 0.497 e. The Morgan fingerprint density at radius 3 is 1.12 bits per heavy atom. The van der Waals surface area contributed by atoms with Crippen molar-refractivity contribution in [2.75, 3.05) is 35.5 Å². The van der Waals surface area contributed by atoms with Gasteiger partial charge in [0.05, 0.1) is 52.2 Å². The molecule has 4 amide bonds. The molecule has 3 heterocycles. The standard InChI is InChI=1S/C32H24F5N3O3S.C32H25F3N2O5S.C31H23F4N3O5S/c1-18(38)21-7-3-6-19(16-21)17-43-26-11-4-8-23(28(26)42-2)31-40(39-29(44-31)20-12-14-22(33)15-13-20)30(41)27-24(32(35,36)37)9-5-10-25(27)34;1-18(38)21-7-4-6-19(14-21)17-42-27-9-5-8-24(29(27)41-3)32-37(36-30(43-32)20-10-12-22(33)13-11-20)31(39)28-25(34)15-23(40-2)16-26(28)35;1-41-26-20(7-4-8-23(26)43-15-16-5-3-6-18(13-16)28(36)39)31-38(37-29(44-31)17-9-11-19(32)12-10-17)30(40)21-14-22(33)25(35)27(42-2)24(21)34/h3-16,31H,1,17,38H2,2H3;4-16,32H,17H2,1-3H3;3-14,31H,15H2,1-2H3,(H2,36,39). The van der Waals surface area contributed by atoms with Gasteiger partial charge in [-0.05, 0) is 163 Å². The summed E-state index contributed by atoms with van der Waals surface area (Å²) < 4.78 is 216. The maximum Gasteiger partial charge on any atom is 0.417 e. The van der Waals surface area contributed by atoms with E-state index in [4.69, 9.17) is 44.6 Å². The van der Waals surface area contributed by atoms with E-state index in [0.717, 1.165) is 98.4 Å².